The number of rotatable bonds is 3. The molecule has 92 valence electrons. The predicted molar refractivity (Wildman–Crippen MR) is 62.0 cm³/mol. The van der Waals surface area contributed by atoms with Crippen LogP contribution in [0.2, 0.25) is 0 Å². The average Bonchev–Trinajstić information content (AvgIpc) is 2.97. The molecule has 1 aliphatic carbocycles. The summed E-state index contributed by atoms with van der Waals surface area (Å²) in [5.41, 5.74) is -0.292. The highest BCUT2D eigenvalue weighted by Gasteiger charge is 2.46. The Bertz CT molecular complexity index is 285. The molecule has 1 saturated carbocycles. The summed E-state index contributed by atoms with van der Waals surface area (Å²) in [6, 6.07) is -0.120. The Hall–Kier alpha value is -0.610. The summed E-state index contributed by atoms with van der Waals surface area (Å²) in [6.07, 6.45) is 4.01. The van der Waals surface area contributed by atoms with Crippen molar-refractivity contribution in [1.82, 2.24) is 10.6 Å². The largest absolute Gasteiger partial charge is 0.394 e. The molecular weight excluding hydrogens is 204 g/mol. The monoisotopic (exact) mass is 226 g/mol. The maximum atomic E-state index is 12.1. The number of amides is 1. The van der Waals surface area contributed by atoms with Crippen LogP contribution >= 0.6 is 0 Å². The fourth-order valence-electron chi connectivity index (χ4n) is 2.47. The van der Waals surface area contributed by atoms with Crippen LogP contribution in [0.15, 0.2) is 0 Å². The molecule has 0 bridgehead atoms. The van der Waals surface area contributed by atoms with Crippen LogP contribution in [0.25, 0.3) is 0 Å². The van der Waals surface area contributed by atoms with Gasteiger partial charge in [0.05, 0.1) is 18.2 Å². The molecule has 1 aliphatic heterocycles. The van der Waals surface area contributed by atoms with Crippen LogP contribution in [0.5, 0.6) is 0 Å². The molecule has 2 rings (SSSR count). The normalized spacial score (nSPS) is 30.8. The highest BCUT2D eigenvalue weighted by molar-refractivity contribution is 5.83. The number of piperidine rings is 1. The lowest BCUT2D eigenvalue weighted by Crippen LogP contribution is -2.58. The first-order chi connectivity index (χ1) is 7.49. The topological polar surface area (TPSA) is 61.4 Å². The lowest BCUT2D eigenvalue weighted by atomic mass is 9.77. The van der Waals surface area contributed by atoms with Gasteiger partial charge in [-0.25, -0.2) is 0 Å². The summed E-state index contributed by atoms with van der Waals surface area (Å²) in [4.78, 5) is 12.1. The first kappa shape index (κ1) is 11.9. The summed E-state index contributed by atoms with van der Waals surface area (Å²) in [5.74, 6) is 0.0521. The van der Waals surface area contributed by atoms with E-state index in [0.717, 1.165) is 32.2 Å². The summed E-state index contributed by atoms with van der Waals surface area (Å²) in [6.45, 7) is 5.23. The second-order valence-corrected chi connectivity index (χ2v) is 5.91. The Balaban J connectivity index is 1.98. The Labute approximate surface area is 96.8 Å². The van der Waals surface area contributed by atoms with Crippen LogP contribution in [0, 0.1) is 5.41 Å². The molecular formula is C12H22N2O2. The van der Waals surface area contributed by atoms with Crippen molar-refractivity contribution in [3.63, 3.8) is 0 Å². The van der Waals surface area contributed by atoms with E-state index in [2.05, 4.69) is 24.5 Å². The fraction of sp³-hybridized carbons (Fsp3) is 0.917. The van der Waals surface area contributed by atoms with Crippen LogP contribution in [0.3, 0.4) is 0 Å². The summed E-state index contributed by atoms with van der Waals surface area (Å²) >= 11 is 0. The molecule has 0 aromatic rings. The van der Waals surface area contributed by atoms with Gasteiger partial charge in [-0.1, -0.05) is 13.8 Å². The van der Waals surface area contributed by atoms with E-state index >= 15 is 0 Å². The van der Waals surface area contributed by atoms with Crippen molar-refractivity contribution in [3.8, 4) is 0 Å². The van der Waals surface area contributed by atoms with Crippen molar-refractivity contribution in [1.29, 1.82) is 0 Å². The molecule has 1 atom stereocenters. The van der Waals surface area contributed by atoms with Gasteiger partial charge in [0.15, 0.2) is 0 Å². The van der Waals surface area contributed by atoms with Crippen LogP contribution in [-0.4, -0.2) is 35.7 Å². The van der Waals surface area contributed by atoms with Gasteiger partial charge in [0.2, 0.25) is 5.91 Å². The number of nitrogens with one attached hydrogen (secondary N) is 2. The molecule has 1 heterocycles. The lowest BCUT2D eigenvalue weighted by Gasteiger charge is -2.38. The van der Waals surface area contributed by atoms with E-state index < -0.39 is 0 Å². The quantitative estimate of drug-likeness (QED) is 0.653. The molecule has 0 spiro atoms. The molecule has 2 fully saturated rings. The third-order valence-corrected chi connectivity index (χ3v) is 3.93. The highest BCUT2D eigenvalue weighted by atomic mass is 16.3. The number of hydrogen-bond donors (Lipinski definition) is 3. The molecule has 3 N–H and O–H groups in total. The average molecular weight is 226 g/mol. The van der Waals surface area contributed by atoms with Crippen molar-refractivity contribution in [2.75, 3.05) is 13.2 Å². The number of carbonyl (C=O) groups excluding carboxylic acids is 1. The van der Waals surface area contributed by atoms with Gasteiger partial charge >= 0.3 is 0 Å². The van der Waals surface area contributed by atoms with Crippen molar-refractivity contribution >= 4 is 5.91 Å². The van der Waals surface area contributed by atoms with Crippen LogP contribution in [0.1, 0.15) is 39.5 Å². The third kappa shape index (κ3) is 2.23. The fourth-order valence-corrected chi connectivity index (χ4v) is 2.47. The van der Waals surface area contributed by atoms with Gasteiger partial charge in [0, 0.05) is 0 Å². The SMILES string of the molecule is CC1(C)CCCNC1C(=O)NC1(CO)CC1. The smallest absolute Gasteiger partial charge is 0.238 e. The van der Waals surface area contributed by atoms with E-state index in [9.17, 15) is 9.90 Å². The Morgan fingerprint density at radius 2 is 2.12 bits per heavy atom. The summed E-state index contributed by atoms with van der Waals surface area (Å²) in [5, 5.41) is 15.5. The second kappa shape index (κ2) is 4.00. The molecule has 1 unspecified atom stereocenters. The zero-order valence-electron chi connectivity index (χ0n) is 10.2. The summed E-state index contributed by atoms with van der Waals surface area (Å²) < 4.78 is 0. The first-order valence-electron chi connectivity index (χ1n) is 6.15. The van der Waals surface area contributed by atoms with E-state index in [0.29, 0.717) is 0 Å². The molecule has 1 saturated heterocycles. The van der Waals surface area contributed by atoms with E-state index in [1.165, 1.54) is 0 Å². The highest BCUT2D eigenvalue weighted by Crippen LogP contribution is 2.36. The summed E-state index contributed by atoms with van der Waals surface area (Å²) in [7, 11) is 0. The standard InChI is InChI=1S/C12H22N2O2/c1-11(2)4-3-7-13-9(11)10(16)14-12(8-15)5-6-12/h9,13,15H,3-8H2,1-2H3,(H,14,16). The van der Waals surface area contributed by atoms with Gasteiger partial charge in [-0.05, 0) is 37.6 Å². The number of aliphatic hydroxyl groups excluding tert-OH is 1. The van der Waals surface area contributed by atoms with Crippen molar-refractivity contribution in [3.05, 3.63) is 0 Å². The molecule has 2 aliphatic rings. The zero-order valence-corrected chi connectivity index (χ0v) is 10.2. The van der Waals surface area contributed by atoms with E-state index in [1.807, 2.05) is 0 Å². The Kier molecular flexibility index (Phi) is 2.97. The van der Waals surface area contributed by atoms with Crippen LogP contribution in [-0.2, 0) is 4.79 Å². The van der Waals surface area contributed by atoms with E-state index in [1.54, 1.807) is 0 Å². The van der Waals surface area contributed by atoms with Gasteiger partial charge in [-0.15, -0.1) is 0 Å². The van der Waals surface area contributed by atoms with Crippen LogP contribution < -0.4 is 10.6 Å². The van der Waals surface area contributed by atoms with Gasteiger partial charge in [0.25, 0.3) is 0 Å². The molecule has 0 aromatic heterocycles. The van der Waals surface area contributed by atoms with Gasteiger partial charge in [-0.3, -0.25) is 4.79 Å². The van der Waals surface area contributed by atoms with Gasteiger partial charge in [-0.2, -0.15) is 0 Å². The minimum Gasteiger partial charge on any atom is -0.394 e. The van der Waals surface area contributed by atoms with Crippen molar-refractivity contribution in [2.45, 2.75) is 51.1 Å². The lowest BCUT2D eigenvalue weighted by molar-refractivity contribution is -0.128. The molecule has 1 amide bonds. The first-order valence-corrected chi connectivity index (χ1v) is 6.15. The number of aliphatic hydroxyl groups is 1. The Morgan fingerprint density at radius 3 is 2.62 bits per heavy atom. The molecule has 4 heteroatoms. The van der Waals surface area contributed by atoms with Crippen molar-refractivity contribution < 1.29 is 9.90 Å². The molecule has 16 heavy (non-hydrogen) atoms. The molecule has 0 radical (unpaired) electrons. The van der Waals surface area contributed by atoms with Gasteiger partial charge < -0.3 is 15.7 Å². The van der Waals surface area contributed by atoms with Crippen molar-refractivity contribution in [2.24, 2.45) is 5.41 Å². The maximum absolute atomic E-state index is 12.1. The van der Waals surface area contributed by atoms with E-state index in [4.69, 9.17) is 0 Å². The molecule has 4 nitrogen and oxygen atoms in total. The second-order valence-electron chi connectivity index (χ2n) is 5.91. The Morgan fingerprint density at radius 1 is 1.44 bits per heavy atom. The minimum absolute atomic E-state index is 0.00781. The van der Waals surface area contributed by atoms with Crippen LogP contribution in [0.4, 0.5) is 0 Å². The van der Waals surface area contributed by atoms with Gasteiger partial charge in [0.1, 0.15) is 0 Å². The third-order valence-electron chi connectivity index (χ3n) is 3.93. The zero-order chi connectivity index (χ0) is 11.8. The predicted octanol–water partition coefficient (Wildman–Crippen LogP) is 0.406. The maximum Gasteiger partial charge on any atom is 0.238 e. The molecule has 0 aromatic carbocycles. The van der Waals surface area contributed by atoms with E-state index in [-0.39, 0.29) is 29.5 Å². The minimum atomic E-state index is -0.299. The number of hydrogen-bond acceptors (Lipinski definition) is 3. The number of carbonyl (C=O) groups is 1.